The Hall–Kier alpha value is 1.85. The first-order valence-corrected chi connectivity index (χ1v) is 3.18. The molecule has 0 saturated carbocycles. The summed E-state index contributed by atoms with van der Waals surface area (Å²) in [6.07, 6.45) is 0. The van der Waals surface area contributed by atoms with Gasteiger partial charge < -0.3 is 0 Å². The van der Waals surface area contributed by atoms with Crippen LogP contribution in [0.4, 0.5) is 0 Å². The zero-order valence-electron chi connectivity index (χ0n) is 1.62. The summed E-state index contributed by atoms with van der Waals surface area (Å²) >= 11 is 1.58. The Morgan fingerprint density at radius 1 is 1.25 bits per heavy atom. The Bertz CT molecular complexity index is 6.00. The number of rotatable bonds is 0. The van der Waals surface area contributed by atoms with Gasteiger partial charge in [0.25, 0.3) is 0 Å². The molecule has 27 valence electrons. The molecule has 0 aromatic rings. The molecule has 0 saturated heterocycles. The molecule has 0 nitrogen and oxygen atoms in total. The molecule has 5 radical (unpaired) electrons. The van der Waals surface area contributed by atoms with Crippen LogP contribution in [0, 0.1) is 0 Å². The normalized spacial score (nSPS) is 1.00. The summed E-state index contributed by atoms with van der Waals surface area (Å²) in [5.41, 5.74) is 0. The van der Waals surface area contributed by atoms with Crippen molar-refractivity contribution in [3.05, 3.63) is 0 Å². The molecule has 0 amide bonds. The van der Waals surface area contributed by atoms with E-state index in [0.29, 0.717) is 0 Å². The quantitative estimate of drug-likeness (QED) is 0.571. The molecule has 0 aromatic heterocycles. The molecule has 0 spiro atoms. The Morgan fingerprint density at radius 2 is 1.25 bits per heavy atom. The van der Waals surface area contributed by atoms with Crippen molar-refractivity contribution < 1.29 is 22.4 Å². The van der Waals surface area contributed by atoms with Gasteiger partial charge in [-0.1, -0.05) is 0 Å². The van der Waals surface area contributed by atoms with Crippen LogP contribution in [0.2, 0.25) is 0 Å². The second-order valence-corrected chi connectivity index (χ2v) is 0. The second-order valence-electron chi connectivity index (χ2n) is 0. The van der Waals surface area contributed by atoms with Crippen molar-refractivity contribution in [2.45, 2.75) is 0 Å². The molecular weight excluding hydrogens is 245 g/mol. The Labute approximate surface area is 60.7 Å². The predicted octanol–water partition coefficient (Wildman–Crippen LogP) is 0.913. The summed E-state index contributed by atoms with van der Waals surface area (Å²) < 4.78 is 0. The van der Waals surface area contributed by atoms with Gasteiger partial charge in [-0.05, 0) is 0 Å². The maximum atomic E-state index is 4.08. The van der Waals surface area contributed by atoms with E-state index in [4.69, 9.17) is 0 Å². The predicted molar refractivity (Wildman–Crippen MR) is 20.9 cm³/mol. The fraction of sp³-hybridized carbons (Fsp3) is 0. The molecule has 0 fully saturated rings. The molecule has 0 unspecified atom stereocenters. The number of hydrogen-bond donors (Lipinski definition) is 0. The zero-order valence-corrected chi connectivity index (χ0v) is 6.83. The molecule has 0 rings (SSSR count). The van der Waals surface area contributed by atoms with Crippen LogP contribution < -0.4 is 0 Å². The van der Waals surface area contributed by atoms with Gasteiger partial charge in [-0.15, -0.1) is 0 Å². The third-order valence-electron chi connectivity index (χ3n) is 0. The fourth-order valence-corrected chi connectivity index (χ4v) is 0. The average Bonchev–Trinajstić information content (AvgIpc) is 1.00. The molecule has 0 N–H and O–H groups in total. The maximum absolute atomic E-state index is 4.08. The third kappa shape index (κ3) is 9.13. The molecular formula is AgGeS2. The van der Waals surface area contributed by atoms with Crippen LogP contribution in [0.3, 0.4) is 0 Å². The van der Waals surface area contributed by atoms with E-state index in [1.165, 1.54) is 0 Å². The molecule has 0 aromatic carbocycles. The van der Waals surface area contributed by atoms with E-state index >= 15 is 0 Å². The topological polar surface area (TPSA) is 0 Å². The van der Waals surface area contributed by atoms with Gasteiger partial charge in [0.15, 0.2) is 0 Å². The van der Waals surface area contributed by atoms with Gasteiger partial charge in [-0.3, -0.25) is 0 Å². The average molecular weight is 245 g/mol. The van der Waals surface area contributed by atoms with Crippen molar-refractivity contribution in [2.24, 2.45) is 0 Å². The van der Waals surface area contributed by atoms with E-state index in [1.54, 1.807) is 14.9 Å². The molecule has 0 heterocycles. The van der Waals surface area contributed by atoms with Crippen LogP contribution in [0.15, 0.2) is 0 Å². The molecule has 0 aliphatic rings. The van der Waals surface area contributed by atoms with Crippen LogP contribution in [0.1, 0.15) is 0 Å². The van der Waals surface area contributed by atoms with E-state index in [0.717, 1.165) is 0 Å². The van der Waals surface area contributed by atoms with Crippen molar-refractivity contribution in [1.82, 2.24) is 0 Å². The van der Waals surface area contributed by atoms with Gasteiger partial charge >= 0.3 is 25.3 Å². The summed E-state index contributed by atoms with van der Waals surface area (Å²) in [6, 6.07) is 0. The van der Waals surface area contributed by atoms with Crippen LogP contribution >= 0.6 is 24.0 Å². The van der Waals surface area contributed by atoms with E-state index in [-0.39, 0.29) is 35.9 Å². The standard InChI is InChI=1S/Ag.GeS.S/c;1-2;. The van der Waals surface area contributed by atoms with Crippen LogP contribution in [-0.2, 0) is 22.4 Å². The van der Waals surface area contributed by atoms with Gasteiger partial charge in [0.1, 0.15) is 0 Å². The summed E-state index contributed by atoms with van der Waals surface area (Å²) in [5, 5.41) is 0. The first-order chi connectivity index (χ1) is 1.00. The SMILES string of the molecule is [Ag].[S].[S]=[Ge]. The Morgan fingerprint density at radius 3 is 1.25 bits per heavy atom. The van der Waals surface area contributed by atoms with Crippen LogP contribution in [-0.4, -0.2) is 14.9 Å². The van der Waals surface area contributed by atoms with E-state index < -0.39 is 0 Å². The first-order valence-electron chi connectivity index (χ1n) is 0.204. The van der Waals surface area contributed by atoms with Crippen LogP contribution in [0.25, 0.3) is 0 Å². The van der Waals surface area contributed by atoms with Gasteiger partial charge in [-0.2, -0.15) is 0 Å². The van der Waals surface area contributed by atoms with E-state index in [1.807, 2.05) is 0 Å². The molecule has 0 bridgehead atoms. The van der Waals surface area contributed by atoms with Crippen LogP contribution in [0.5, 0.6) is 0 Å². The van der Waals surface area contributed by atoms with Gasteiger partial charge in [0.2, 0.25) is 0 Å². The third-order valence-corrected chi connectivity index (χ3v) is 0. The minimum absolute atomic E-state index is 0. The molecule has 4 heavy (non-hydrogen) atoms. The van der Waals surface area contributed by atoms with E-state index in [2.05, 4.69) is 10.5 Å². The first kappa shape index (κ1) is 16.9. The molecule has 4 heteroatoms. The summed E-state index contributed by atoms with van der Waals surface area (Å²) in [6.45, 7) is 0. The van der Waals surface area contributed by atoms with Gasteiger partial charge in [-0.25, -0.2) is 0 Å². The summed E-state index contributed by atoms with van der Waals surface area (Å²) in [5.74, 6) is 0. The molecule has 0 atom stereocenters. The van der Waals surface area contributed by atoms with Gasteiger partial charge in [0.05, 0.1) is 0 Å². The Balaban J connectivity index is -0.00000000500. The van der Waals surface area contributed by atoms with Crippen molar-refractivity contribution in [3.8, 4) is 0 Å². The zero-order chi connectivity index (χ0) is 2.00. The molecule has 0 aliphatic heterocycles. The van der Waals surface area contributed by atoms with Gasteiger partial charge in [0, 0.05) is 35.9 Å². The van der Waals surface area contributed by atoms with Crippen molar-refractivity contribution in [1.29, 1.82) is 0 Å². The number of hydrogen-bond acceptors (Lipinski definition) is 1. The summed E-state index contributed by atoms with van der Waals surface area (Å²) in [4.78, 5) is 0. The second kappa shape index (κ2) is 21.0. The fourth-order valence-electron chi connectivity index (χ4n) is 0. The summed E-state index contributed by atoms with van der Waals surface area (Å²) in [7, 11) is 4.08. The van der Waals surface area contributed by atoms with Crippen molar-refractivity contribution in [2.75, 3.05) is 0 Å². The molecule has 0 aliphatic carbocycles. The van der Waals surface area contributed by atoms with Crippen molar-refractivity contribution in [3.63, 3.8) is 0 Å². The monoisotopic (exact) mass is 245 g/mol. The Kier molecular flexibility index (Phi) is 88.8. The van der Waals surface area contributed by atoms with E-state index in [9.17, 15) is 0 Å². The minimum atomic E-state index is 0. The van der Waals surface area contributed by atoms with Crippen molar-refractivity contribution >= 4 is 38.8 Å².